The van der Waals surface area contributed by atoms with Gasteiger partial charge < -0.3 is 38.6 Å². The molecule has 0 aromatic heterocycles. The van der Waals surface area contributed by atoms with Crippen molar-refractivity contribution in [2.45, 2.75) is 26.1 Å². The molecule has 17 heteroatoms. The number of carboxylic acid groups (broad SMARTS) is 1. The number of carboxylic acids is 1. The largest absolute Gasteiger partial charge is 0.507 e. The summed E-state index contributed by atoms with van der Waals surface area (Å²) in [5.74, 6) is -9.34. The highest BCUT2D eigenvalue weighted by Gasteiger charge is 2.41. The van der Waals surface area contributed by atoms with E-state index in [1.807, 2.05) is 10.9 Å². The number of phenols is 1. The van der Waals surface area contributed by atoms with Crippen LogP contribution < -0.4 is 29.8 Å². The maximum atomic E-state index is 13.3. The van der Waals surface area contributed by atoms with E-state index < -0.39 is 59.6 Å². The van der Waals surface area contributed by atoms with Gasteiger partial charge in [-0.05, 0) is 48.5 Å². The molecule has 4 N–H and O–H groups in total. The SMILES string of the molecule is COc1cc(C(=O)O[C@H](C(=O)O)[C@H](OC(=O)c2ccc(OC(C)=O)c(OC)c2)C(=O)NNC(=O)c2ccccc2O)ccc1OC(C)=O. The number of aliphatic carboxylic acids is 1. The number of carbonyl (C=O) groups is 7. The summed E-state index contributed by atoms with van der Waals surface area (Å²) in [7, 11) is 2.41. The number of ether oxygens (including phenoxy) is 6. The van der Waals surface area contributed by atoms with Gasteiger partial charge in [0.25, 0.3) is 11.8 Å². The third kappa shape index (κ3) is 9.19. The standard InChI is InChI=1S/C31H28N2O15/c1-15(34)45-21-11-9-17(13-23(21)43-3)30(41)47-25(28(38)33-32-27(37)19-7-5-6-8-20(19)36)26(29(39)40)48-31(42)18-10-12-22(46-16(2)35)24(14-18)44-4/h5-14,25-26,36H,1-4H3,(H,32,37)(H,33,38)(H,39,40)/t25-,26-/m0/s1. The van der Waals surface area contributed by atoms with E-state index in [1.165, 1.54) is 44.6 Å². The highest BCUT2D eigenvalue weighted by molar-refractivity contribution is 6.00. The van der Waals surface area contributed by atoms with Crippen molar-refractivity contribution in [2.75, 3.05) is 14.2 Å². The van der Waals surface area contributed by atoms with Gasteiger partial charge in [-0.25, -0.2) is 14.4 Å². The number of methoxy groups -OCH3 is 2. The molecular formula is C31H28N2O15. The number of carbonyl (C=O) groups excluding carboxylic acids is 6. The lowest BCUT2D eigenvalue weighted by Gasteiger charge is -2.24. The number of phenolic OH excluding ortho intramolecular Hbond substituents is 1. The second-order valence-corrected chi connectivity index (χ2v) is 9.37. The first kappa shape index (κ1) is 35.8. The fraction of sp³-hybridized carbons (Fsp3) is 0.194. The zero-order valence-electron chi connectivity index (χ0n) is 25.6. The Kier molecular flexibility index (Phi) is 12.0. The number of benzene rings is 3. The molecule has 17 nitrogen and oxygen atoms in total. The smallest absolute Gasteiger partial charge is 0.349 e. The number of rotatable bonds is 12. The number of aromatic hydroxyl groups is 1. The van der Waals surface area contributed by atoms with Crippen LogP contribution in [0.2, 0.25) is 0 Å². The van der Waals surface area contributed by atoms with Crippen LogP contribution in [0.4, 0.5) is 0 Å². The Balaban J connectivity index is 1.95. The molecule has 0 bridgehead atoms. The van der Waals surface area contributed by atoms with Crippen molar-refractivity contribution in [1.82, 2.24) is 10.9 Å². The van der Waals surface area contributed by atoms with Crippen molar-refractivity contribution in [2.24, 2.45) is 0 Å². The summed E-state index contributed by atoms with van der Waals surface area (Å²) >= 11 is 0. The van der Waals surface area contributed by atoms with Gasteiger partial charge in [-0.15, -0.1) is 0 Å². The van der Waals surface area contributed by atoms with E-state index >= 15 is 0 Å². The normalized spacial score (nSPS) is 11.5. The molecule has 0 aliphatic rings. The van der Waals surface area contributed by atoms with Crippen molar-refractivity contribution in [3.8, 4) is 28.7 Å². The first-order valence-corrected chi connectivity index (χ1v) is 13.5. The summed E-state index contributed by atoms with van der Waals surface area (Å²) in [6.07, 6.45) is -4.98. The van der Waals surface area contributed by atoms with Crippen LogP contribution in [0.1, 0.15) is 44.9 Å². The Labute approximate surface area is 271 Å². The minimum absolute atomic E-state index is 0.0714. The minimum atomic E-state index is -2.52. The topological polar surface area (TPSA) is 239 Å². The molecule has 0 aliphatic heterocycles. The Bertz CT molecular complexity index is 1750. The van der Waals surface area contributed by atoms with Gasteiger partial charge >= 0.3 is 29.8 Å². The highest BCUT2D eigenvalue weighted by Crippen LogP contribution is 2.30. The van der Waals surface area contributed by atoms with Gasteiger partial charge in [0.15, 0.2) is 23.0 Å². The molecule has 0 saturated heterocycles. The van der Waals surface area contributed by atoms with Gasteiger partial charge in [0.1, 0.15) is 5.75 Å². The fourth-order valence-electron chi connectivity index (χ4n) is 3.85. The van der Waals surface area contributed by atoms with E-state index in [1.54, 1.807) is 0 Å². The molecule has 2 atom stereocenters. The van der Waals surface area contributed by atoms with Crippen molar-refractivity contribution < 1.29 is 72.2 Å². The molecule has 0 fully saturated rings. The summed E-state index contributed by atoms with van der Waals surface area (Å²) in [5.41, 5.74) is 2.90. The van der Waals surface area contributed by atoms with Gasteiger partial charge in [0, 0.05) is 13.8 Å². The third-order valence-electron chi connectivity index (χ3n) is 6.00. The first-order valence-electron chi connectivity index (χ1n) is 13.5. The van der Waals surface area contributed by atoms with Crippen LogP contribution in [0.3, 0.4) is 0 Å². The molecule has 0 spiro atoms. The maximum Gasteiger partial charge on any atom is 0.349 e. The molecule has 0 heterocycles. The number of hydrogen-bond donors (Lipinski definition) is 4. The second-order valence-electron chi connectivity index (χ2n) is 9.37. The maximum absolute atomic E-state index is 13.3. The number of nitrogens with one attached hydrogen (secondary N) is 2. The van der Waals surface area contributed by atoms with Crippen LogP contribution in [-0.2, 0) is 28.7 Å². The number of esters is 4. The lowest BCUT2D eigenvalue weighted by molar-refractivity contribution is -0.159. The summed E-state index contributed by atoms with van der Waals surface area (Å²) in [6, 6.07) is 11.9. The quantitative estimate of drug-likeness (QED) is 0.122. The summed E-state index contributed by atoms with van der Waals surface area (Å²) in [5, 5.41) is 19.9. The molecule has 3 rings (SSSR count). The summed E-state index contributed by atoms with van der Waals surface area (Å²) < 4.78 is 30.4. The zero-order valence-corrected chi connectivity index (χ0v) is 25.6. The number of hydrogen-bond acceptors (Lipinski definition) is 14. The van der Waals surface area contributed by atoms with E-state index in [-0.39, 0.29) is 39.7 Å². The van der Waals surface area contributed by atoms with E-state index in [2.05, 4.69) is 0 Å². The minimum Gasteiger partial charge on any atom is -0.507 e. The van der Waals surface area contributed by atoms with Gasteiger partial charge in [-0.2, -0.15) is 0 Å². The van der Waals surface area contributed by atoms with Crippen LogP contribution >= 0.6 is 0 Å². The zero-order chi connectivity index (χ0) is 35.5. The van der Waals surface area contributed by atoms with Crippen LogP contribution in [0.25, 0.3) is 0 Å². The van der Waals surface area contributed by atoms with Crippen molar-refractivity contribution in [3.63, 3.8) is 0 Å². The van der Waals surface area contributed by atoms with Crippen LogP contribution in [-0.4, -0.2) is 78.3 Å². The van der Waals surface area contributed by atoms with Gasteiger partial charge in [-0.1, -0.05) is 12.1 Å². The van der Waals surface area contributed by atoms with Crippen molar-refractivity contribution >= 4 is 41.7 Å². The van der Waals surface area contributed by atoms with Crippen molar-refractivity contribution in [1.29, 1.82) is 0 Å². The van der Waals surface area contributed by atoms with Gasteiger partial charge in [0.05, 0.1) is 30.9 Å². The average molecular weight is 669 g/mol. The molecule has 48 heavy (non-hydrogen) atoms. The van der Waals surface area contributed by atoms with Crippen LogP contribution in [0.15, 0.2) is 60.7 Å². The lowest BCUT2D eigenvalue weighted by Crippen LogP contribution is -2.54. The van der Waals surface area contributed by atoms with Crippen molar-refractivity contribution in [3.05, 3.63) is 77.4 Å². The number of amides is 2. The van der Waals surface area contributed by atoms with Gasteiger partial charge in [-0.3, -0.25) is 30.0 Å². The third-order valence-corrected chi connectivity index (χ3v) is 6.00. The van der Waals surface area contributed by atoms with Crippen LogP contribution in [0, 0.1) is 0 Å². The van der Waals surface area contributed by atoms with E-state index in [0.29, 0.717) is 0 Å². The van der Waals surface area contributed by atoms with E-state index in [4.69, 9.17) is 28.4 Å². The Morgan fingerprint density at radius 2 is 1.12 bits per heavy atom. The Hall–Kier alpha value is -6.65. The molecule has 0 radical (unpaired) electrons. The molecule has 3 aromatic carbocycles. The molecule has 0 saturated carbocycles. The molecule has 0 aliphatic carbocycles. The first-order chi connectivity index (χ1) is 22.7. The predicted octanol–water partition coefficient (Wildman–Crippen LogP) is 1.56. The summed E-state index contributed by atoms with van der Waals surface area (Å²) in [4.78, 5) is 87.2. The Morgan fingerprint density at radius 3 is 1.56 bits per heavy atom. The highest BCUT2D eigenvalue weighted by atomic mass is 16.6. The monoisotopic (exact) mass is 668 g/mol. The van der Waals surface area contributed by atoms with E-state index in [9.17, 15) is 43.8 Å². The second kappa shape index (κ2) is 16.1. The molecule has 0 unspecified atom stereocenters. The molecule has 2 amide bonds. The molecule has 252 valence electrons. The average Bonchev–Trinajstić information content (AvgIpc) is 3.04. The molecule has 3 aromatic rings. The number of para-hydroxylation sites is 1. The van der Waals surface area contributed by atoms with Crippen LogP contribution in [0.5, 0.6) is 28.7 Å². The molecular weight excluding hydrogens is 640 g/mol. The van der Waals surface area contributed by atoms with E-state index in [0.717, 1.165) is 44.2 Å². The lowest BCUT2D eigenvalue weighted by atomic mass is 10.1. The predicted molar refractivity (Wildman–Crippen MR) is 158 cm³/mol. The van der Waals surface area contributed by atoms with Gasteiger partial charge in [0.2, 0.25) is 12.2 Å². The fourth-order valence-corrected chi connectivity index (χ4v) is 3.85. The number of hydrazine groups is 1. The summed E-state index contributed by atoms with van der Waals surface area (Å²) in [6.45, 7) is 2.25. The Morgan fingerprint density at radius 1 is 0.646 bits per heavy atom.